The van der Waals surface area contributed by atoms with E-state index in [9.17, 15) is 8.42 Å². The molecule has 0 saturated heterocycles. The Balaban J connectivity index is 2.52. The third-order valence-corrected chi connectivity index (χ3v) is 3.57. The number of nitrogens with one attached hydrogen (secondary N) is 2. The molecule has 0 radical (unpaired) electrons. The smallest absolute Gasteiger partial charge is 0.260 e. The SMILES string of the molecule is COCCOCCNS(=O)(=O)c1ncccc1NN. The lowest BCUT2D eigenvalue weighted by molar-refractivity contribution is 0.0736. The molecular formula is C10H18N4O4S. The van der Waals surface area contributed by atoms with Gasteiger partial charge in [0, 0.05) is 19.9 Å². The van der Waals surface area contributed by atoms with Gasteiger partial charge in [-0.2, -0.15) is 0 Å². The van der Waals surface area contributed by atoms with Gasteiger partial charge in [0.1, 0.15) is 0 Å². The Bertz CT molecular complexity index is 480. The van der Waals surface area contributed by atoms with Gasteiger partial charge in [0.25, 0.3) is 10.0 Å². The Morgan fingerprint density at radius 1 is 1.37 bits per heavy atom. The number of sulfonamides is 1. The van der Waals surface area contributed by atoms with Crippen molar-refractivity contribution in [1.82, 2.24) is 9.71 Å². The fourth-order valence-corrected chi connectivity index (χ4v) is 2.38. The van der Waals surface area contributed by atoms with Gasteiger partial charge >= 0.3 is 0 Å². The molecule has 0 amide bonds. The Morgan fingerprint density at radius 2 is 2.16 bits per heavy atom. The van der Waals surface area contributed by atoms with Crippen LogP contribution in [-0.4, -0.2) is 46.9 Å². The van der Waals surface area contributed by atoms with E-state index >= 15 is 0 Å². The summed E-state index contributed by atoms with van der Waals surface area (Å²) in [4.78, 5) is 3.80. The van der Waals surface area contributed by atoms with E-state index in [-0.39, 0.29) is 23.9 Å². The first-order valence-electron chi connectivity index (χ1n) is 5.60. The highest BCUT2D eigenvalue weighted by Gasteiger charge is 2.18. The molecule has 1 aromatic heterocycles. The van der Waals surface area contributed by atoms with Gasteiger partial charge in [-0.25, -0.2) is 18.1 Å². The molecule has 0 bridgehead atoms. The van der Waals surface area contributed by atoms with Crippen LogP contribution in [0.3, 0.4) is 0 Å². The van der Waals surface area contributed by atoms with Gasteiger partial charge in [0.15, 0.2) is 5.03 Å². The molecule has 108 valence electrons. The molecular weight excluding hydrogens is 272 g/mol. The molecule has 0 unspecified atom stereocenters. The number of nitrogens with two attached hydrogens (primary N) is 1. The Morgan fingerprint density at radius 3 is 2.84 bits per heavy atom. The molecule has 1 heterocycles. The van der Waals surface area contributed by atoms with E-state index in [4.69, 9.17) is 15.3 Å². The molecule has 0 aliphatic carbocycles. The first-order valence-corrected chi connectivity index (χ1v) is 7.08. The Kier molecular flexibility index (Phi) is 6.67. The average Bonchev–Trinajstić information content (AvgIpc) is 2.42. The van der Waals surface area contributed by atoms with Crippen molar-refractivity contribution in [3.63, 3.8) is 0 Å². The minimum Gasteiger partial charge on any atom is -0.382 e. The average molecular weight is 290 g/mol. The highest BCUT2D eigenvalue weighted by atomic mass is 32.2. The number of pyridine rings is 1. The zero-order valence-electron chi connectivity index (χ0n) is 10.6. The van der Waals surface area contributed by atoms with Crippen LogP contribution in [-0.2, 0) is 19.5 Å². The maximum Gasteiger partial charge on any atom is 0.260 e. The second-order valence-electron chi connectivity index (χ2n) is 3.50. The second kappa shape index (κ2) is 8.02. The lowest BCUT2D eigenvalue weighted by atomic mass is 10.4. The molecule has 8 nitrogen and oxygen atoms in total. The number of nitrogens with zero attached hydrogens (tertiary/aromatic N) is 1. The summed E-state index contributed by atoms with van der Waals surface area (Å²) >= 11 is 0. The van der Waals surface area contributed by atoms with Gasteiger partial charge in [-0.05, 0) is 12.1 Å². The number of methoxy groups -OCH3 is 1. The van der Waals surface area contributed by atoms with Crippen molar-refractivity contribution in [3.8, 4) is 0 Å². The number of anilines is 1. The molecule has 0 aliphatic rings. The number of aromatic nitrogens is 1. The first kappa shape index (κ1) is 15.8. The van der Waals surface area contributed by atoms with Crippen LogP contribution in [0.15, 0.2) is 23.4 Å². The van der Waals surface area contributed by atoms with Gasteiger partial charge in [-0.1, -0.05) is 0 Å². The third-order valence-electron chi connectivity index (χ3n) is 2.15. The summed E-state index contributed by atoms with van der Waals surface area (Å²) in [7, 11) is -2.15. The van der Waals surface area contributed by atoms with Crippen LogP contribution in [0.2, 0.25) is 0 Å². The van der Waals surface area contributed by atoms with E-state index in [0.717, 1.165) is 0 Å². The molecule has 19 heavy (non-hydrogen) atoms. The van der Waals surface area contributed by atoms with E-state index in [1.807, 2.05) is 0 Å². The summed E-state index contributed by atoms with van der Waals surface area (Å²) < 4.78 is 36.2. The van der Waals surface area contributed by atoms with Crippen molar-refractivity contribution >= 4 is 15.7 Å². The summed E-state index contributed by atoms with van der Waals surface area (Å²) in [6.07, 6.45) is 1.38. The van der Waals surface area contributed by atoms with Crippen LogP contribution in [0, 0.1) is 0 Å². The molecule has 1 rings (SSSR count). The van der Waals surface area contributed by atoms with Gasteiger partial charge in [-0.15, -0.1) is 0 Å². The molecule has 9 heteroatoms. The predicted molar refractivity (Wildman–Crippen MR) is 69.9 cm³/mol. The van der Waals surface area contributed by atoms with E-state index in [1.54, 1.807) is 13.2 Å². The van der Waals surface area contributed by atoms with E-state index < -0.39 is 10.0 Å². The summed E-state index contributed by atoms with van der Waals surface area (Å²) in [5, 5.41) is -0.144. The zero-order valence-corrected chi connectivity index (χ0v) is 11.4. The minimum absolute atomic E-state index is 0.144. The minimum atomic E-state index is -3.71. The molecule has 1 aromatic rings. The maximum atomic E-state index is 12.0. The number of hydrogen-bond donors (Lipinski definition) is 3. The van der Waals surface area contributed by atoms with Crippen LogP contribution >= 0.6 is 0 Å². The highest BCUT2D eigenvalue weighted by molar-refractivity contribution is 7.89. The van der Waals surface area contributed by atoms with Gasteiger partial charge in [0.2, 0.25) is 0 Å². The molecule has 0 saturated carbocycles. The van der Waals surface area contributed by atoms with Crippen molar-refractivity contribution in [2.24, 2.45) is 5.84 Å². The van der Waals surface area contributed by atoms with E-state index in [1.165, 1.54) is 12.3 Å². The lowest BCUT2D eigenvalue weighted by Gasteiger charge is -2.09. The first-order chi connectivity index (χ1) is 9.11. The number of hydrazine groups is 1. The van der Waals surface area contributed by atoms with Crippen LogP contribution in [0.5, 0.6) is 0 Å². The summed E-state index contributed by atoms with van der Waals surface area (Å²) in [6.45, 7) is 1.28. The van der Waals surface area contributed by atoms with Gasteiger partial charge in [0.05, 0.1) is 25.5 Å². The fourth-order valence-electron chi connectivity index (χ4n) is 1.28. The topological polar surface area (TPSA) is 116 Å². The summed E-state index contributed by atoms with van der Waals surface area (Å²) in [5.41, 5.74) is 2.52. The Hall–Kier alpha value is -1.26. The monoisotopic (exact) mass is 290 g/mol. The van der Waals surface area contributed by atoms with Crippen molar-refractivity contribution in [1.29, 1.82) is 0 Å². The lowest BCUT2D eigenvalue weighted by Crippen LogP contribution is -2.29. The number of hydrogen-bond acceptors (Lipinski definition) is 7. The van der Waals surface area contributed by atoms with Gasteiger partial charge < -0.3 is 14.9 Å². The van der Waals surface area contributed by atoms with Crippen molar-refractivity contribution in [3.05, 3.63) is 18.3 Å². The fraction of sp³-hybridized carbons (Fsp3) is 0.500. The quantitative estimate of drug-likeness (QED) is 0.313. The second-order valence-corrected chi connectivity index (χ2v) is 5.19. The van der Waals surface area contributed by atoms with Crippen LogP contribution in [0.1, 0.15) is 0 Å². The van der Waals surface area contributed by atoms with Crippen molar-refractivity contribution in [2.75, 3.05) is 38.9 Å². The molecule has 0 aliphatic heterocycles. The van der Waals surface area contributed by atoms with E-state index in [2.05, 4.69) is 15.1 Å². The van der Waals surface area contributed by atoms with Crippen LogP contribution < -0.4 is 16.0 Å². The Labute approximate surface area is 112 Å². The molecule has 0 aromatic carbocycles. The van der Waals surface area contributed by atoms with Crippen LogP contribution in [0.25, 0.3) is 0 Å². The van der Waals surface area contributed by atoms with Gasteiger partial charge in [-0.3, -0.25) is 5.84 Å². The summed E-state index contributed by atoms with van der Waals surface area (Å²) in [5.74, 6) is 5.24. The number of nitrogen functional groups attached to an aromatic ring is 1. The largest absolute Gasteiger partial charge is 0.382 e. The highest BCUT2D eigenvalue weighted by Crippen LogP contribution is 2.15. The van der Waals surface area contributed by atoms with Crippen molar-refractivity contribution in [2.45, 2.75) is 5.03 Å². The standard InChI is InChI=1S/C10H18N4O4S/c1-17-7-8-18-6-5-13-19(15,16)10-9(14-11)3-2-4-12-10/h2-4,13-14H,5-8,11H2,1H3. The third kappa shape index (κ3) is 5.09. The predicted octanol–water partition coefficient (Wildman–Crippen LogP) is -0.691. The number of ether oxygens (including phenoxy) is 2. The van der Waals surface area contributed by atoms with E-state index in [0.29, 0.717) is 13.2 Å². The summed E-state index contributed by atoms with van der Waals surface area (Å²) in [6, 6.07) is 3.11. The normalized spacial score (nSPS) is 11.5. The zero-order chi connectivity index (χ0) is 14.1. The number of rotatable bonds is 9. The molecule has 0 spiro atoms. The van der Waals surface area contributed by atoms with Crippen molar-refractivity contribution < 1.29 is 17.9 Å². The molecule has 4 N–H and O–H groups in total. The molecule has 0 atom stereocenters. The molecule has 0 fully saturated rings. The maximum absolute atomic E-state index is 12.0. The van der Waals surface area contributed by atoms with Crippen LogP contribution in [0.4, 0.5) is 5.69 Å².